The fraction of sp³-hybridized carbons (Fsp3) is 0.455. The second-order valence-electron chi connectivity index (χ2n) is 4.18. The van der Waals surface area contributed by atoms with Crippen LogP contribution in [-0.4, -0.2) is 26.7 Å². The second kappa shape index (κ2) is 4.58. The fourth-order valence-electron chi connectivity index (χ4n) is 1.55. The molecule has 2 heterocycles. The molecule has 1 aliphatic rings. The lowest BCUT2D eigenvalue weighted by Gasteiger charge is -1.97. The van der Waals surface area contributed by atoms with Gasteiger partial charge in [-0.2, -0.15) is 4.98 Å². The van der Waals surface area contributed by atoms with E-state index in [0.29, 0.717) is 24.0 Å². The molecule has 1 saturated carbocycles. The van der Waals surface area contributed by atoms with E-state index in [4.69, 9.17) is 4.52 Å². The summed E-state index contributed by atoms with van der Waals surface area (Å²) in [5.41, 5.74) is 0.629. The molecule has 0 atom stereocenters. The number of aromatic nitrogens is 4. The highest BCUT2D eigenvalue weighted by atomic mass is 16.5. The maximum absolute atomic E-state index is 5.13. The molecule has 1 aliphatic carbocycles. The van der Waals surface area contributed by atoms with Gasteiger partial charge in [-0.15, -0.1) is 0 Å². The van der Waals surface area contributed by atoms with Gasteiger partial charge in [0.15, 0.2) is 0 Å². The molecule has 1 fully saturated rings. The van der Waals surface area contributed by atoms with Crippen molar-refractivity contribution in [3.05, 3.63) is 24.5 Å². The van der Waals surface area contributed by atoms with Crippen molar-refractivity contribution in [1.29, 1.82) is 0 Å². The van der Waals surface area contributed by atoms with E-state index >= 15 is 0 Å². The summed E-state index contributed by atoms with van der Waals surface area (Å²) in [4.78, 5) is 12.3. The van der Waals surface area contributed by atoms with Crippen molar-refractivity contribution in [3.63, 3.8) is 0 Å². The molecule has 2 aromatic rings. The third kappa shape index (κ3) is 2.65. The van der Waals surface area contributed by atoms with Crippen molar-refractivity contribution >= 4 is 0 Å². The molecule has 6 nitrogen and oxygen atoms in total. The van der Waals surface area contributed by atoms with Crippen LogP contribution in [0.15, 0.2) is 23.1 Å². The molecule has 3 rings (SSSR count). The van der Waals surface area contributed by atoms with Crippen molar-refractivity contribution in [2.45, 2.75) is 19.4 Å². The van der Waals surface area contributed by atoms with Crippen LogP contribution in [0.25, 0.3) is 11.5 Å². The molecule has 2 aromatic heterocycles. The summed E-state index contributed by atoms with van der Waals surface area (Å²) in [5, 5.41) is 7.17. The lowest BCUT2D eigenvalue weighted by Crippen LogP contribution is -2.16. The molecule has 0 unspecified atom stereocenters. The van der Waals surface area contributed by atoms with Gasteiger partial charge < -0.3 is 9.84 Å². The molecule has 0 saturated heterocycles. The van der Waals surface area contributed by atoms with E-state index in [-0.39, 0.29) is 0 Å². The van der Waals surface area contributed by atoms with Crippen LogP contribution in [0.3, 0.4) is 0 Å². The standard InChI is InChI=1S/C11H13N5O/c1-2-8(1)5-13-7-10-15-11(16-17-10)9-6-12-3-4-14-9/h3-4,6,8,13H,1-2,5,7H2. The minimum atomic E-state index is 0.487. The minimum absolute atomic E-state index is 0.487. The molecular weight excluding hydrogens is 218 g/mol. The van der Waals surface area contributed by atoms with Crippen LogP contribution in [0.2, 0.25) is 0 Å². The largest absolute Gasteiger partial charge is 0.337 e. The van der Waals surface area contributed by atoms with Gasteiger partial charge in [0, 0.05) is 12.4 Å². The summed E-state index contributed by atoms with van der Waals surface area (Å²) in [7, 11) is 0. The molecule has 0 aromatic carbocycles. The van der Waals surface area contributed by atoms with Gasteiger partial charge in [-0.1, -0.05) is 5.16 Å². The predicted molar refractivity (Wildman–Crippen MR) is 59.8 cm³/mol. The molecule has 0 spiro atoms. The van der Waals surface area contributed by atoms with E-state index in [1.54, 1.807) is 18.6 Å². The molecular formula is C11H13N5O. The average molecular weight is 231 g/mol. The first-order valence-corrected chi connectivity index (χ1v) is 5.71. The highest BCUT2D eigenvalue weighted by molar-refractivity contribution is 5.45. The molecule has 88 valence electrons. The first-order chi connectivity index (χ1) is 8.42. The molecule has 0 bridgehead atoms. The lowest BCUT2D eigenvalue weighted by molar-refractivity contribution is 0.367. The highest BCUT2D eigenvalue weighted by Gasteiger charge is 2.20. The van der Waals surface area contributed by atoms with Gasteiger partial charge in [-0.25, -0.2) is 4.98 Å². The van der Waals surface area contributed by atoms with E-state index in [1.807, 2.05) is 0 Å². The third-order valence-corrected chi connectivity index (χ3v) is 2.67. The van der Waals surface area contributed by atoms with Crippen LogP contribution in [0.4, 0.5) is 0 Å². The van der Waals surface area contributed by atoms with Gasteiger partial charge in [0.2, 0.25) is 11.7 Å². The normalized spacial score (nSPS) is 15.1. The number of hydrogen-bond acceptors (Lipinski definition) is 6. The fourth-order valence-corrected chi connectivity index (χ4v) is 1.55. The topological polar surface area (TPSA) is 76.7 Å². The summed E-state index contributed by atoms with van der Waals surface area (Å²) in [5.74, 6) is 1.92. The Kier molecular flexibility index (Phi) is 2.79. The number of hydrogen-bond donors (Lipinski definition) is 1. The first kappa shape index (κ1) is 10.3. The number of nitrogens with one attached hydrogen (secondary N) is 1. The Bertz CT molecular complexity index is 480. The zero-order valence-corrected chi connectivity index (χ0v) is 9.33. The van der Waals surface area contributed by atoms with Crippen LogP contribution in [0.5, 0.6) is 0 Å². The van der Waals surface area contributed by atoms with Crippen LogP contribution < -0.4 is 5.32 Å². The number of nitrogens with zero attached hydrogens (tertiary/aromatic N) is 4. The van der Waals surface area contributed by atoms with Gasteiger partial charge in [0.1, 0.15) is 5.69 Å². The lowest BCUT2D eigenvalue weighted by atomic mass is 10.4. The van der Waals surface area contributed by atoms with Gasteiger partial charge in [-0.3, -0.25) is 4.98 Å². The monoisotopic (exact) mass is 231 g/mol. The molecule has 0 amide bonds. The Morgan fingerprint density at radius 2 is 2.29 bits per heavy atom. The van der Waals surface area contributed by atoms with E-state index in [2.05, 4.69) is 25.4 Å². The summed E-state index contributed by atoms with van der Waals surface area (Å²) in [6, 6.07) is 0. The van der Waals surface area contributed by atoms with Crippen LogP contribution >= 0.6 is 0 Å². The Balaban J connectivity index is 1.61. The molecule has 1 N–H and O–H groups in total. The summed E-state index contributed by atoms with van der Waals surface area (Å²) >= 11 is 0. The quantitative estimate of drug-likeness (QED) is 0.828. The molecule has 6 heteroatoms. The average Bonchev–Trinajstić information content (AvgIpc) is 3.07. The van der Waals surface area contributed by atoms with Crippen molar-refractivity contribution < 1.29 is 4.52 Å². The smallest absolute Gasteiger partial charge is 0.240 e. The van der Waals surface area contributed by atoms with Crippen LogP contribution in [0, 0.1) is 5.92 Å². The Labute approximate surface area is 98.5 Å². The number of rotatable bonds is 5. The SMILES string of the molecule is c1cnc(-c2noc(CNCC3CC3)n2)cn1. The highest BCUT2D eigenvalue weighted by Crippen LogP contribution is 2.27. The summed E-state index contributed by atoms with van der Waals surface area (Å²) < 4.78 is 5.13. The van der Waals surface area contributed by atoms with E-state index in [9.17, 15) is 0 Å². The van der Waals surface area contributed by atoms with E-state index < -0.39 is 0 Å². The van der Waals surface area contributed by atoms with Crippen molar-refractivity contribution in [1.82, 2.24) is 25.4 Å². The zero-order valence-electron chi connectivity index (χ0n) is 9.33. The molecule has 0 radical (unpaired) electrons. The maximum atomic E-state index is 5.13. The zero-order chi connectivity index (χ0) is 11.5. The minimum Gasteiger partial charge on any atom is -0.337 e. The van der Waals surface area contributed by atoms with Crippen LogP contribution in [-0.2, 0) is 6.54 Å². The van der Waals surface area contributed by atoms with E-state index in [0.717, 1.165) is 12.5 Å². The van der Waals surface area contributed by atoms with Gasteiger partial charge in [0.05, 0.1) is 12.7 Å². The van der Waals surface area contributed by atoms with Crippen LogP contribution in [0.1, 0.15) is 18.7 Å². The second-order valence-corrected chi connectivity index (χ2v) is 4.18. The van der Waals surface area contributed by atoms with Gasteiger partial charge >= 0.3 is 0 Å². The van der Waals surface area contributed by atoms with E-state index in [1.165, 1.54) is 12.8 Å². The summed E-state index contributed by atoms with van der Waals surface area (Å²) in [6.07, 6.45) is 7.51. The van der Waals surface area contributed by atoms with Crippen molar-refractivity contribution in [3.8, 4) is 11.5 Å². The Morgan fingerprint density at radius 1 is 1.35 bits per heavy atom. The van der Waals surface area contributed by atoms with Crippen molar-refractivity contribution in [2.24, 2.45) is 5.92 Å². The van der Waals surface area contributed by atoms with Gasteiger partial charge in [-0.05, 0) is 25.3 Å². The maximum Gasteiger partial charge on any atom is 0.240 e. The first-order valence-electron chi connectivity index (χ1n) is 5.71. The molecule has 17 heavy (non-hydrogen) atoms. The Morgan fingerprint density at radius 3 is 3.06 bits per heavy atom. The Hall–Kier alpha value is -1.82. The molecule has 0 aliphatic heterocycles. The van der Waals surface area contributed by atoms with Gasteiger partial charge in [0.25, 0.3) is 0 Å². The van der Waals surface area contributed by atoms with Crippen molar-refractivity contribution in [2.75, 3.05) is 6.54 Å². The predicted octanol–water partition coefficient (Wildman–Crippen LogP) is 1.03. The third-order valence-electron chi connectivity index (χ3n) is 2.67. The summed E-state index contributed by atoms with van der Waals surface area (Å²) in [6.45, 7) is 1.65.